The first-order valence-corrected chi connectivity index (χ1v) is 9.79. The lowest BCUT2D eigenvalue weighted by molar-refractivity contribution is 0.443. The predicted molar refractivity (Wildman–Crippen MR) is 102 cm³/mol. The van der Waals surface area contributed by atoms with Gasteiger partial charge in [-0.1, -0.05) is 44.6 Å². The van der Waals surface area contributed by atoms with E-state index >= 15 is 0 Å². The molecule has 0 spiro atoms. The maximum Gasteiger partial charge on any atom is 0.0845 e. The number of nitrogens with zero attached hydrogens (tertiary/aromatic N) is 3. The molecule has 0 unspecified atom stereocenters. The molecule has 0 amide bonds. The van der Waals surface area contributed by atoms with Gasteiger partial charge in [0, 0.05) is 0 Å². The molecule has 24 heavy (non-hydrogen) atoms. The van der Waals surface area contributed by atoms with Gasteiger partial charge >= 0.3 is 0 Å². The van der Waals surface area contributed by atoms with Crippen LogP contribution in [0.4, 0.5) is 0 Å². The molecule has 2 fully saturated rings. The van der Waals surface area contributed by atoms with Crippen LogP contribution in [0.5, 0.6) is 0 Å². The minimum Gasteiger partial charge on any atom is -0.284 e. The third-order valence-corrected chi connectivity index (χ3v) is 5.39. The largest absolute Gasteiger partial charge is 0.284 e. The van der Waals surface area contributed by atoms with Crippen LogP contribution in [0.25, 0.3) is 0 Å². The van der Waals surface area contributed by atoms with Crippen LogP contribution >= 0.6 is 0 Å². The Labute approximate surface area is 146 Å². The summed E-state index contributed by atoms with van der Waals surface area (Å²) in [5.41, 5.74) is 4.18. The van der Waals surface area contributed by atoms with Crippen molar-refractivity contribution in [2.75, 3.05) is 0 Å². The fourth-order valence-electron chi connectivity index (χ4n) is 3.94. The standard InChI is InChI=1S/C21H31N3/c1-16(22-18-10-5-3-6-11-18)20-14-9-15-21(24-20)17(2)23-19-12-7-4-8-13-19/h9,14-15,18-19H,3-8,10-13H2,1-2H3/b22-16+,23-17+. The summed E-state index contributed by atoms with van der Waals surface area (Å²) in [5, 5.41) is 0. The van der Waals surface area contributed by atoms with E-state index in [0.717, 1.165) is 22.8 Å². The van der Waals surface area contributed by atoms with Crippen molar-refractivity contribution in [1.82, 2.24) is 4.98 Å². The van der Waals surface area contributed by atoms with Gasteiger partial charge in [-0.3, -0.25) is 9.98 Å². The molecule has 2 aliphatic carbocycles. The van der Waals surface area contributed by atoms with Gasteiger partial charge in [0.2, 0.25) is 0 Å². The normalized spacial score (nSPS) is 21.9. The molecule has 3 heteroatoms. The molecule has 0 saturated heterocycles. The van der Waals surface area contributed by atoms with Crippen LogP contribution < -0.4 is 0 Å². The highest BCUT2D eigenvalue weighted by molar-refractivity contribution is 6.00. The van der Waals surface area contributed by atoms with Gasteiger partial charge in [0.1, 0.15) is 0 Å². The Morgan fingerprint density at radius 1 is 0.750 bits per heavy atom. The molecule has 0 N–H and O–H groups in total. The Hall–Kier alpha value is -1.51. The van der Waals surface area contributed by atoms with E-state index in [1.54, 1.807) is 0 Å². The van der Waals surface area contributed by atoms with Gasteiger partial charge in [-0.25, -0.2) is 4.98 Å². The maximum atomic E-state index is 4.94. The summed E-state index contributed by atoms with van der Waals surface area (Å²) >= 11 is 0. The van der Waals surface area contributed by atoms with Gasteiger partial charge in [-0.05, 0) is 51.7 Å². The van der Waals surface area contributed by atoms with E-state index < -0.39 is 0 Å². The number of aromatic nitrogens is 1. The van der Waals surface area contributed by atoms with Crippen molar-refractivity contribution >= 4 is 11.4 Å². The Kier molecular flexibility index (Phi) is 6.17. The van der Waals surface area contributed by atoms with Crippen LogP contribution in [0.2, 0.25) is 0 Å². The Morgan fingerprint density at radius 2 is 1.17 bits per heavy atom. The minimum atomic E-state index is 0.501. The zero-order valence-corrected chi connectivity index (χ0v) is 15.3. The lowest BCUT2D eigenvalue weighted by Gasteiger charge is -2.19. The maximum absolute atomic E-state index is 4.94. The lowest BCUT2D eigenvalue weighted by atomic mass is 9.96. The topological polar surface area (TPSA) is 37.6 Å². The molecule has 0 radical (unpaired) electrons. The van der Waals surface area contributed by atoms with Crippen LogP contribution in [0.1, 0.15) is 89.4 Å². The second-order valence-electron chi connectivity index (χ2n) is 7.42. The SMILES string of the molecule is C/C(=N\C1CCCCC1)c1cccc(/C(C)=N/C2CCCCC2)n1. The summed E-state index contributed by atoms with van der Waals surface area (Å²) in [5.74, 6) is 0. The summed E-state index contributed by atoms with van der Waals surface area (Å²) in [6, 6.07) is 7.26. The molecule has 3 rings (SSSR count). The fourth-order valence-corrected chi connectivity index (χ4v) is 3.94. The molecule has 2 aliphatic rings. The number of rotatable bonds is 4. The van der Waals surface area contributed by atoms with Crippen LogP contribution in [-0.2, 0) is 0 Å². The minimum absolute atomic E-state index is 0.501. The van der Waals surface area contributed by atoms with Crippen LogP contribution in [0.15, 0.2) is 28.2 Å². The monoisotopic (exact) mass is 325 g/mol. The van der Waals surface area contributed by atoms with E-state index in [-0.39, 0.29) is 0 Å². The first kappa shape index (κ1) is 17.3. The molecule has 0 aliphatic heterocycles. The second-order valence-corrected chi connectivity index (χ2v) is 7.42. The number of hydrogen-bond acceptors (Lipinski definition) is 3. The zero-order chi connectivity index (χ0) is 16.8. The molecule has 0 bridgehead atoms. The molecular weight excluding hydrogens is 294 g/mol. The van der Waals surface area contributed by atoms with E-state index in [9.17, 15) is 0 Å². The molecular formula is C21H31N3. The van der Waals surface area contributed by atoms with Crippen molar-refractivity contribution in [3.05, 3.63) is 29.6 Å². The first-order chi connectivity index (χ1) is 11.7. The van der Waals surface area contributed by atoms with Gasteiger partial charge in [0.05, 0.1) is 34.9 Å². The average Bonchev–Trinajstić information content (AvgIpc) is 2.63. The second kappa shape index (κ2) is 8.55. The summed E-state index contributed by atoms with van der Waals surface area (Å²) in [4.78, 5) is 14.7. The quantitative estimate of drug-likeness (QED) is 0.686. The summed E-state index contributed by atoms with van der Waals surface area (Å²) in [7, 11) is 0. The molecule has 1 aromatic heterocycles. The molecule has 1 heterocycles. The van der Waals surface area contributed by atoms with Gasteiger partial charge in [0.25, 0.3) is 0 Å². The van der Waals surface area contributed by atoms with Gasteiger partial charge in [-0.15, -0.1) is 0 Å². The van der Waals surface area contributed by atoms with Gasteiger partial charge in [0.15, 0.2) is 0 Å². The smallest absolute Gasteiger partial charge is 0.0845 e. The van der Waals surface area contributed by atoms with E-state index in [4.69, 9.17) is 15.0 Å². The summed E-state index contributed by atoms with van der Waals surface area (Å²) < 4.78 is 0. The Bertz CT molecular complexity index is 542. The molecule has 130 valence electrons. The summed E-state index contributed by atoms with van der Waals surface area (Å²) in [6.45, 7) is 4.21. The van der Waals surface area contributed by atoms with Crippen molar-refractivity contribution in [2.24, 2.45) is 9.98 Å². The van der Waals surface area contributed by atoms with Gasteiger partial charge in [-0.2, -0.15) is 0 Å². The van der Waals surface area contributed by atoms with Crippen LogP contribution in [0.3, 0.4) is 0 Å². The van der Waals surface area contributed by atoms with Crippen LogP contribution in [-0.4, -0.2) is 28.5 Å². The van der Waals surface area contributed by atoms with E-state index in [0.29, 0.717) is 12.1 Å². The highest BCUT2D eigenvalue weighted by atomic mass is 14.9. The fraction of sp³-hybridized carbons (Fsp3) is 0.667. The number of hydrogen-bond donors (Lipinski definition) is 0. The highest BCUT2D eigenvalue weighted by Gasteiger charge is 2.14. The Balaban J connectivity index is 1.72. The molecule has 1 aromatic rings. The Morgan fingerprint density at radius 3 is 1.58 bits per heavy atom. The first-order valence-electron chi connectivity index (χ1n) is 9.79. The lowest BCUT2D eigenvalue weighted by Crippen LogP contribution is -2.15. The third-order valence-electron chi connectivity index (χ3n) is 5.39. The van der Waals surface area contributed by atoms with Crippen LogP contribution in [0, 0.1) is 0 Å². The molecule has 3 nitrogen and oxygen atoms in total. The predicted octanol–water partition coefficient (Wildman–Crippen LogP) is 5.37. The van der Waals surface area contributed by atoms with E-state index in [2.05, 4.69) is 32.0 Å². The van der Waals surface area contributed by atoms with Gasteiger partial charge < -0.3 is 0 Å². The molecule has 2 saturated carbocycles. The van der Waals surface area contributed by atoms with Crippen molar-refractivity contribution in [1.29, 1.82) is 0 Å². The number of aliphatic imine (C=N–C) groups is 2. The third kappa shape index (κ3) is 4.75. The average molecular weight is 326 g/mol. The van der Waals surface area contributed by atoms with Crippen molar-refractivity contribution in [3.8, 4) is 0 Å². The summed E-state index contributed by atoms with van der Waals surface area (Å²) in [6.07, 6.45) is 13.0. The highest BCUT2D eigenvalue weighted by Crippen LogP contribution is 2.22. The number of pyridine rings is 1. The molecule has 0 aromatic carbocycles. The van der Waals surface area contributed by atoms with Crippen molar-refractivity contribution in [3.63, 3.8) is 0 Å². The molecule has 0 atom stereocenters. The van der Waals surface area contributed by atoms with Crippen molar-refractivity contribution in [2.45, 2.75) is 90.1 Å². The van der Waals surface area contributed by atoms with E-state index in [1.165, 1.54) is 64.2 Å². The zero-order valence-electron chi connectivity index (χ0n) is 15.3. The van der Waals surface area contributed by atoms with E-state index in [1.807, 2.05) is 0 Å². The van der Waals surface area contributed by atoms with Crippen molar-refractivity contribution < 1.29 is 0 Å².